The van der Waals surface area contributed by atoms with E-state index in [0.29, 0.717) is 0 Å². The van der Waals surface area contributed by atoms with Crippen LogP contribution in [0.2, 0.25) is 0 Å². The van der Waals surface area contributed by atoms with Gasteiger partial charge < -0.3 is 5.11 Å². The summed E-state index contributed by atoms with van der Waals surface area (Å²) in [6.07, 6.45) is 13.2. The predicted octanol–water partition coefficient (Wildman–Crippen LogP) is 6.37. The maximum absolute atomic E-state index is 10.6. The number of hydrogen-bond acceptors (Lipinski definition) is 1. The molecule has 0 amide bonds. The topological polar surface area (TPSA) is 37.3 Å². The largest absolute Gasteiger partial charge is 0.478 e. The number of rotatable bonds is 5. The summed E-state index contributed by atoms with van der Waals surface area (Å²) < 4.78 is 1.11. The van der Waals surface area contributed by atoms with Crippen LogP contribution in [0.15, 0.2) is 56.3 Å². The van der Waals surface area contributed by atoms with E-state index >= 15 is 0 Å². The fraction of sp³-hybridized carbons (Fsp3) is 0.450. The average Bonchev–Trinajstić information content (AvgIpc) is 2.42. The van der Waals surface area contributed by atoms with Crippen molar-refractivity contribution in [2.75, 3.05) is 0 Å². The van der Waals surface area contributed by atoms with Crippen LogP contribution in [0.1, 0.15) is 53.9 Å². The molecule has 0 bridgehead atoms. The molecule has 0 fully saturated rings. The first kappa shape index (κ1) is 19.9. The molecular weight excluding hydrogens is 399 g/mol. The number of hydrogen-bond donors (Lipinski definition) is 1. The van der Waals surface area contributed by atoms with Gasteiger partial charge in [-0.25, -0.2) is 4.79 Å². The van der Waals surface area contributed by atoms with Crippen molar-refractivity contribution in [2.45, 2.75) is 53.9 Å². The van der Waals surface area contributed by atoms with Crippen LogP contribution in [-0.4, -0.2) is 11.1 Å². The molecule has 1 aliphatic rings. The monoisotopic (exact) mass is 426 g/mol. The minimum Gasteiger partial charge on any atom is -0.478 e. The van der Waals surface area contributed by atoms with Crippen LogP contribution in [0.25, 0.3) is 0 Å². The molecule has 0 atom stereocenters. The van der Waals surface area contributed by atoms with E-state index in [1.54, 1.807) is 6.92 Å². The van der Waals surface area contributed by atoms with E-state index in [0.717, 1.165) is 9.15 Å². The van der Waals surface area contributed by atoms with Crippen LogP contribution in [0, 0.1) is 5.41 Å². The van der Waals surface area contributed by atoms with Crippen molar-refractivity contribution in [1.29, 1.82) is 0 Å². The van der Waals surface area contributed by atoms with Crippen molar-refractivity contribution in [1.82, 2.24) is 0 Å². The van der Waals surface area contributed by atoms with Gasteiger partial charge in [-0.3, -0.25) is 0 Å². The number of allylic oxidation sites excluding steroid dienone is 9. The maximum atomic E-state index is 10.6. The Hall–Kier alpha value is -1.10. The van der Waals surface area contributed by atoms with E-state index < -0.39 is 5.97 Å². The molecule has 0 saturated carbocycles. The number of halogens is 1. The van der Waals surface area contributed by atoms with Gasteiger partial charge in [0.1, 0.15) is 0 Å². The molecule has 0 aromatic rings. The summed E-state index contributed by atoms with van der Waals surface area (Å²) in [5, 5.41) is 8.72. The van der Waals surface area contributed by atoms with Gasteiger partial charge in [0.05, 0.1) is 0 Å². The molecule has 1 N–H and O–H groups in total. The lowest BCUT2D eigenvalue weighted by atomic mass is 9.72. The minimum absolute atomic E-state index is 0.251. The zero-order chi connectivity index (χ0) is 17.6. The van der Waals surface area contributed by atoms with E-state index in [1.807, 2.05) is 12.2 Å². The van der Waals surface area contributed by atoms with E-state index in [4.69, 9.17) is 5.11 Å². The Morgan fingerprint density at radius 2 is 1.87 bits per heavy atom. The Balaban J connectivity index is 2.94. The second-order valence-corrected chi connectivity index (χ2v) is 8.02. The first-order valence-corrected chi connectivity index (χ1v) is 9.05. The summed E-state index contributed by atoms with van der Waals surface area (Å²) in [6, 6.07) is 0. The molecule has 3 heteroatoms. The molecule has 0 spiro atoms. The summed E-state index contributed by atoms with van der Waals surface area (Å²) in [4.78, 5) is 10.6. The first-order chi connectivity index (χ1) is 10.6. The van der Waals surface area contributed by atoms with Gasteiger partial charge >= 0.3 is 5.97 Å². The molecule has 126 valence electrons. The van der Waals surface area contributed by atoms with Crippen molar-refractivity contribution in [2.24, 2.45) is 5.41 Å². The molecule has 0 aromatic heterocycles. The van der Waals surface area contributed by atoms with Gasteiger partial charge in [-0.05, 0) is 90.8 Å². The van der Waals surface area contributed by atoms with Crippen molar-refractivity contribution in [3.8, 4) is 0 Å². The Morgan fingerprint density at radius 3 is 2.43 bits per heavy atom. The second-order valence-electron chi connectivity index (χ2n) is 6.86. The van der Waals surface area contributed by atoms with Crippen LogP contribution < -0.4 is 0 Å². The van der Waals surface area contributed by atoms with Crippen molar-refractivity contribution in [3.63, 3.8) is 0 Å². The van der Waals surface area contributed by atoms with Gasteiger partial charge in [-0.2, -0.15) is 0 Å². The molecule has 0 aliphatic heterocycles. The van der Waals surface area contributed by atoms with E-state index in [2.05, 4.69) is 62.4 Å². The third kappa shape index (κ3) is 6.50. The van der Waals surface area contributed by atoms with Crippen LogP contribution >= 0.6 is 22.6 Å². The van der Waals surface area contributed by atoms with Gasteiger partial charge in [0, 0.05) is 9.66 Å². The molecule has 23 heavy (non-hydrogen) atoms. The van der Waals surface area contributed by atoms with E-state index in [-0.39, 0.29) is 5.41 Å². The third-order valence-corrected chi connectivity index (χ3v) is 5.47. The number of aliphatic carboxylic acids is 1. The van der Waals surface area contributed by atoms with Gasteiger partial charge in [-0.15, -0.1) is 0 Å². The zero-order valence-corrected chi connectivity index (χ0v) is 16.9. The van der Waals surface area contributed by atoms with E-state index in [1.165, 1.54) is 42.1 Å². The smallest absolute Gasteiger partial charge is 0.328 e. The molecule has 1 rings (SSSR count). The molecular formula is C20H27IO2. The Kier molecular flexibility index (Phi) is 7.52. The normalized spacial score (nSPS) is 20.3. The molecule has 0 aromatic carbocycles. The van der Waals surface area contributed by atoms with Crippen molar-refractivity contribution in [3.05, 3.63) is 56.3 Å². The quantitative estimate of drug-likeness (QED) is 0.315. The molecule has 0 unspecified atom stereocenters. The standard InChI is InChI=1S/C20H27IO2/c1-14(13-19(22)23)8-11-18(21)16(3)9-10-17-15(2)7-6-12-20(17,4)5/h8-11,13H,6-7,12H2,1-5H3,(H,22,23)/b10-9+,11-8+,14-13+,18-16+. The highest BCUT2D eigenvalue weighted by molar-refractivity contribution is 14.1. The van der Waals surface area contributed by atoms with Gasteiger partial charge in [0.25, 0.3) is 0 Å². The Labute approximate surface area is 153 Å². The zero-order valence-electron chi connectivity index (χ0n) is 14.7. The summed E-state index contributed by atoms with van der Waals surface area (Å²) >= 11 is 2.29. The number of carboxylic acid groups (broad SMARTS) is 1. The summed E-state index contributed by atoms with van der Waals surface area (Å²) in [5.74, 6) is -0.912. The molecule has 0 radical (unpaired) electrons. The molecule has 0 heterocycles. The van der Waals surface area contributed by atoms with Crippen LogP contribution in [0.4, 0.5) is 0 Å². The van der Waals surface area contributed by atoms with E-state index in [9.17, 15) is 4.79 Å². The lowest BCUT2D eigenvalue weighted by Crippen LogP contribution is -2.19. The summed E-state index contributed by atoms with van der Waals surface area (Å²) in [7, 11) is 0. The number of carbonyl (C=O) groups is 1. The van der Waals surface area contributed by atoms with Gasteiger partial charge in [0.2, 0.25) is 0 Å². The van der Waals surface area contributed by atoms with Gasteiger partial charge in [0.15, 0.2) is 0 Å². The lowest BCUT2D eigenvalue weighted by Gasteiger charge is -2.33. The SMILES string of the molecule is CC1=C(/C=C/C(C)=C(I)\C=C\C(C)=C\C(=O)O)C(C)(C)CCC1. The Bertz CT molecular complexity index is 614. The molecule has 0 saturated heterocycles. The second kappa shape index (κ2) is 8.67. The van der Waals surface area contributed by atoms with Crippen LogP contribution in [0.3, 0.4) is 0 Å². The highest BCUT2D eigenvalue weighted by Crippen LogP contribution is 2.40. The summed E-state index contributed by atoms with van der Waals surface area (Å²) in [6.45, 7) is 10.8. The lowest BCUT2D eigenvalue weighted by molar-refractivity contribution is -0.131. The van der Waals surface area contributed by atoms with Crippen molar-refractivity contribution >= 4 is 28.6 Å². The average molecular weight is 426 g/mol. The van der Waals surface area contributed by atoms with Gasteiger partial charge in [-0.1, -0.05) is 37.6 Å². The van der Waals surface area contributed by atoms with Crippen LogP contribution in [0.5, 0.6) is 0 Å². The first-order valence-electron chi connectivity index (χ1n) is 7.97. The molecule has 1 aliphatic carbocycles. The fourth-order valence-electron chi connectivity index (χ4n) is 2.88. The predicted molar refractivity (Wildman–Crippen MR) is 107 cm³/mol. The fourth-order valence-corrected chi connectivity index (χ4v) is 3.24. The van der Waals surface area contributed by atoms with Crippen molar-refractivity contribution < 1.29 is 9.90 Å². The maximum Gasteiger partial charge on any atom is 0.328 e. The summed E-state index contributed by atoms with van der Waals surface area (Å²) in [5.41, 5.74) is 5.12. The highest BCUT2D eigenvalue weighted by Gasteiger charge is 2.26. The minimum atomic E-state index is -0.912. The molecule has 2 nitrogen and oxygen atoms in total. The highest BCUT2D eigenvalue weighted by atomic mass is 127. The number of carboxylic acids is 1. The third-order valence-electron chi connectivity index (χ3n) is 4.26. The Morgan fingerprint density at radius 1 is 1.22 bits per heavy atom. The van der Waals surface area contributed by atoms with Crippen LogP contribution in [-0.2, 0) is 4.79 Å².